The van der Waals surface area contributed by atoms with E-state index >= 15 is 0 Å². The van der Waals surface area contributed by atoms with Gasteiger partial charge in [0.15, 0.2) is 0 Å². The van der Waals surface area contributed by atoms with Crippen LogP contribution in [0.3, 0.4) is 0 Å². The molecule has 0 unspecified atom stereocenters. The first-order valence-electron chi connectivity index (χ1n) is 6.84. The van der Waals surface area contributed by atoms with Crippen molar-refractivity contribution >= 4 is 11.0 Å². The van der Waals surface area contributed by atoms with Crippen LogP contribution in [-0.2, 0) is 0 Å². The molecular weight excluding hydrogens is 248 g/mol. The van der Waals surface area contributed by atoms with Gasteiger partial charge in [-0.2, -0.15) is 0 Å². The van der Waals surface area contributed by atoms with Gasteiger partial charge in [0.25, 0.3) is 0 Å². The molecule has 1 aromatic carbocycles. The van der Waals surface area contributed by atoms with E-state index in [1.807, 2.05) is 6.20 Å². The average Bonchev–Trinajstić information content (AvgIpc) is 2.88. The summed E-state index contributed by atoms with van der Waals surface area (Å²) in [7, 11) is 0. The molecule has 4 nitrogen and oxygen atoms in total. The predicted molar refractivity (Wildman–Crippen MR) is 80.7 cm³/mol. The van der Waals surface area contributed by atoms with Crippen LogP contribution in [-0.4, -0.2) is 19.9 Å². The van der Waals surface area contributed by atoms with Crippen LogP contribution in [0, 0.1) is 13.8 Å². The van der Waals surface area contributed by atoms with Crippen molar-refractivity contribution in [1.29, 1.82) is 0 Å². The first kappa shape index (κ1) is 12.8. The van der Waals surface area contributed by atoms with Crippen LogP contribution in [0.1, 0.15) is 36.6 Å². The summed E-state index contributed by atoms with van der Waals surface area (Å²) in [6, 6.07) is 4.19. The lowest BCUT2D eigenvalue weighted by atomic mass is 10.1. The molecule has 102 valence electrons. The molecule has 3 rings (SSSR count). The molecule has 0 aliphatic rings. The predicted octanol–water partition coefficient (Wildman–Crippen LogP) is 3.76. The summed E-state index contributed by atoms with van der Waals surface area (Å²) < 4.78 is 0. The Morgan fingerprint density at radius 3 is 2.70 bits per heavy atom. The first-order chi connectivity index (χ1) is 9.58. The van der Waals surface area contributed by atoms with E-state index in [0.717, 1.165) is 28.1 Å². The van der Waals surface area contributed by atoms with E-state index < -0.39 is 0 Å². The summed E-state index contributed by atoms with van der Waals surface area (Å²) >= 11 is 0. The smallest absolute Gasteiger partial charge is 0.141 e. The number of nitrogens with one attached hydrogen (secondary N) is 1. The van der Waals surface area contributed by atoms with Gasteiger partial charge in [0.2, 0.25) is 0 Å². The Bertz CT molecular complexity index is 771. The number of hydrogen-bond acceptors (Lipinski definition) is 3. The van der Waals surface area contributed by atoms with Crippen LogP contribution in [0.4, 0.5) is 0 Å². The summed E-state index contributed by atoms with van der Waals surface area (Å²) in [5, 5.41) is 0. The normalized spacial score (nSPS) is 11.4. The van der Waals surface area contributed by atoms with Crippen molar-refractivity contribution in [3.63, 3.8) is 0 Å². The number of aryl methyl sites for hydroxylation is 2. The van der Waals surface area contributed by atoms with Gasteiger partial charge in [-0.3, -0.25) is 0 Å². The Morgan fingerprint density at radius 2 is 1.95 bits per heavy atom. The van der Waals surface area contributed by atoms with Crippen molar-refractivity contribution in [1.82, 2.24) is 19.9 Å². The van der Waals surface area contributed by atoms with E-state index in [0.29, 0.717) is 5.92 Å². The second-order valence-corrected chi connectivity index (χ2v) is 5.47. The number of fused-ring (bicyclic) bond motifs is 1. The molecule has 0 amide bonds. The fourth-order valence-corrected chi connectivity index (χ4v) is 2.42. The third-order valence-corrected chi connectivity index (χ3v) is 3.72. The number of benzene rings is 1. The second kappa shape index (κ2) is 4.71. The zero-order chi connectivity index (χ0) is 14.3. The van der Waals surface area contributed by atoms with Gasteiger partial charge in [0.1, 0.15) is 12.2 Å². The van der Waals surface area contributed by atoms with Crippen molar-refractivity contribution in [2.45, 2.75) is 33.6 Å². The van der Waals surface area contributed by atoms with Crippen LogP contribution >= 0.6 is 0 Å². The monoisotopic (exact) mass is 266 g/mol. The number of aromatic nitrogens is 4. The number of imidazole rings is 1. The minimum Gasteiger partial charge on any atom is -0.338 e. The third kappa shape index (κ3) is 1.97. The van der Waals surface area contributed by atoms with Gasteiger partial charge in [-0.1, -0.05) is 19.9 Å². The molecule has 0 atom stereocenters. The molecular formula is C16H18N4. The maximum atomic E-state index is 4.75. The first-order valence-corrected chi connectivity index (χ1v) is 6.84. The van der Waals surface area contributed by atoms with Crippen molar-refractivity contribution in [3.05, 3.63) is 41.5 Å². The Hall–Kier alpha value is -2.23. The number of hydrogen-bond donors (Lipinski definition) is 1. The van der Waals surface area contributed by atoms with Crippen LogP contribution < -0.4 is 0 Å². The minimum atomic E-state index is 0.337. The third-order valence-electron chi connectivity index (χ3n) is 3.72. The topological polar surface area (TPSA) is 54.5 Å². The molecule has 20 heavy (non-hydrogen) atoms. The lowest BCUT2D eigenvalue weighted by Gasteiger charge is -2.07. The maximum absolute atomic E-state index is 4.75. The number of nitrogens with zero attached hydrogens (tertiary/aromatic N) is 3. The highest BCUT2D eigenvalue weighted by Gasteiger charge is 2.14. The molecule has 0 bridgehead atoms. The van der Waals surface area contributed by atoms with Gasteiger partial charge in [-0.25, -0.2) is 15.0 Å². The van der Waals surface area contributed by atoms with E-state index in [4.69, 9.17) is 4.98 Å². The van der Waals surface area contributed by atoms with Gasteiger partial charge in [0.05, 0.1) is 22.3 Å². The molecule has 1 N–H and O–H groups in total. The highest BCUT2D eigenvalue weighted by molar-refractivity contribution is 5.83. The number of H-pyrrole nitrogens is 1. The zero-order valence-electron chi connectivity index (χ0n) is 12.2. The van der Waals surface area contributed by atoms with Crippen LogP contribution in [0.15, 0.2) is 24.7 Å². The Labute approximate surface area is 118 Å². The average molecular weight is 266 g/mol. The summed E-state index contributed by atoms with van der Waals surface area (Å²) in [5.41, 5.74) is 6.56. The molecule has 0 saturated heterocycles. The molecule has 0 saturated carbocycles. The minimum absolute atomic E-state index is 0.337. The van der Waals surface area contributed by atoms with Gasteiger partial charge in [0, 0.05) is 6.20 Å². The number of rotatable bonds is 2. The molecule has 0 spiro atoms. The Balaban J connectivity index is 2.23. The summed E-state index contributed by atoms with van der Waals surface area (Å²) in [6.45, 7) is 8.47. The fraction of sp³-hybridized carbons (Fsp3) is 0.312. The van der Waals surface area contributed by atoms with E-state index in [2.05, 4.69) is 54.8 Å². The quantitative estimate of drug-likeness (QED) is 0.768. The van der Waals surface area contributed by atoms with Crippen LogP contribution in [0.2, 0.25) is 0 Å². The summed E-state index contributed by atoms with van der Waals surface area (Å²) in [4.78, 5) is 16.7. The van der Waals surface area contributed by atoms with Gasteiger partial charge in [-0.15, -0.1) is 0 Å². The summed E-state index contributed by atoms with van der Waals surface area (Å²) in [5.74, 6) is 1.18. The highest BCUT2D eigenvalue weighted by atomic mass is 14.9. The molecule has 2 aromatic heterocycles. The van der Waals surface area contributed by atoms with E-state index in [1.165, 1.54) is 11.1 Å². The molecule has 4 heteroatoms. The highest BCUT2D eigenvalue weighted by Crippen LogP contribution is 2.28. The lowest BCUT2D eigenvalue weighted by Crippen LogP contribution is -1.98. The van der Waals surface area contributed by atoms with Crippen molar-refractivity contribution in [2.75, 3.05) is 0 Å². The summed E-state index contributed by atoms with van der Waals surface area (Å²) in [6.07, 6.45) is 3.43. The molecule has 0 fully saturated rings. The molecule has 0 aliphatic heterocycles. The standard InChI is InChI=1S/C16H18N4/c1-9(2)14-12(7-17-8-18-14)16-19-13-6-5-10(3)11(4)15(13)20-16/h5-9H,1-4H3,(H,19,20). The Morgan fingerprint density at radius 1 is 1.15 bits per heavy atom. The van der Waals surface area contributed by atoms with Crippen LogP contribution in [0.5, 0.6) is 0 Å². The maximum Gasteiger partial charge on any atom is 0.141 e. The van der Waals surface area contributed by atoms with Crippen molar-refractivity contribution in [2.24, 2.45) is 0 Å². The van der Waals surface area contributed by atoms with Gasteiger partial charge >= 0.3 is 0 Å². The van der Waals surface area contributed by atoms with E-state index in [-0.39, 0.29) is 0 Å². The molecule has 0 radical (unpaired) electrons. The number of aromatic amines is 1. The molecule has 2 heterocycles. The van der Waals surface area contributed by atoms with Crippen molar-refractivity contribution < 1.29 is 0 Å². The SMILES string of the molecule is Cc1ccc2[nH]c(-c3cncnc3C(C)C)nc2c1C. The van der Waals surface area contributed by atoms with Crippen LogP contribution in [0.25, 0.3) is 22.4 Å². The second-order valence-electron chi connectivity index (χ2n) is 5.47. The molecule has 0 aliphatic carbocycles. The van der Waals surface area contributed by atoms with E-state index in [9.17, 15) is 0 Å². The molecule has 3 aromatic rings. The fourth-order valence-electron chi connectivity index (χ4n) is 2.42. The Kier molecular flexibility index (Phi) is 3.01. The lowest BCUT2D eigenvalue weighted by molar-refractivity contribution is 0.815. The zero-order valence-corrected chi connectivity index (χ0v) is 12.2. The van der Waals surface area contributed by atoms with Crippen molar-refractivity contribution in [3.8, 4) is 11.4 Å². The largest absolute Gasteiger partial charge is 0.338 e. The van der Waals surface area contributed by atoms with Gasteiger partial charge in [-0.05, 0) is 37.0 Å². The van der Waals surface area contributed by atoms with E-state index in [1.54, 1.807) is 6.33 Å². The van der Waals surface area contributed by atoms with Gasteiger partial charge < -0.3 is 4.98 Å².